The predicted octanol–water partition coefficient (Wildman–Crippen LogP) is 3.43. The van der Waals surface area contributed by atoms with Crippen LogP contribution in [0.3, 0.4) is 0 Å². The van der Waals surface area contributed by atoms with Gasteiger partial charge in [-0.25, -0.2) is 0 Å². The second-order valence-corrected chi connectivity index (χ2v) is 8.53. The summed E-state index contributed by atoms with van der Waals surface area (Å²) in [6.45, 7) is 0. The first-order valence-electron chi connectivity index (χ1n) is 9.76. The van der Waals surface area contributed by atoms with Gasteiger partial charge in [-0.15, -0.1) is 16.4 Å². The van der Waals surface area contributed by atoms with Gasteiger partial charge in [0.15, 0.2) is 0 Å². The molecule has 0 aliphatic carbocycles. The van der Waals surface area contributed by atoms with Gasteiger partial charge in [-0.3, -0.25) is 9.59 Å². The van der Waals surface area contributed by atoms with E-state index < -0.39 is 6.04 Å². The van der Waals surface area contributed by atoms with Gasteiger partial charge >= 0.3 is 0 Å². The van der Waals surface area contributed by atoms with Crippen LogP contribution < -0.4 is 10.6 Å². The summed E-state index contributed by atoms with van der Waals surface area (Å²) in [6, 6.07) is 19.6. The number of tetrazole rings is 1. The van der Waals surface area contributed by atoms with Crippen molar-refractivity contribution in [2.75, 3.05) is 11.6 Å². The minimum absolute atomic E-state index is 0.275. The first kappa shape index (κ1) is 21.7. The highest BCUT2D eigenvalue weighted by Crippen LogP contribution is 2.19. The van der Waals surface area contributed by atoms with E-state index >= 15 is 0 Å². The van der Waals surface area contributed by atoms with E-state index in [1.807, 2.05) is 54.1 Å². The lowest BCUT2D eigenvalue weighted by Crippen LogP contribution is -2.45. The highest BCUT2D eigenvalue weighted by Gasteiger charge is 2.23. The van der Waals surface area contributed by atoms with Crippen LogP contribution in [0.1, 0.15) is 15.2 Å². The maximum absolute atomic E-state index is 13.2. The van der Waals surface area contributed by atoms with Crippen LogP contribution in [0.5, 0.6) is 0 Å². The van der Waals surface area contributed by atoms with Crippen molar-refractivity contribution >= 4 is 40.6 Å². The molecule has 2 heterocycles. The Morgan fingerprint density at radius 3 is 2.69 bits per heavy atom. The van der Waals surface area contributed by atoms with Crippen molar-refractivity contribution in [1.29, 1.82) is 0 Å². The van der Waals surface area contributed by atoms with E-state index in [2.05, 4.69) is 26.2 Å². The molecule has 32 heavy (non-hydrogen) atoms. The number of nitrogens with zero attached hydrogens (tertiary/aromatic N) is 4. The molecule has 4 aromatic rings. The fourth-order valence-corrected chi connectivity index (χ4v) is 4.17. The third-order valence-electron chi connectivity index (χ3n) is 4.63. The van der Waals surface area contributed by atoms with Crippen LogP contribution >= 0.6 is 23.1 Å². The van der Waals surface area contributed by atoms with Gasteiger partial charge in [0.05, 0.1) is 10.6 Å². The van der Waals surface area contributed by atoms with E-state index in [0.717, 1.165) is 11.3 Å². The average molecular weight is 465 g/mol. The summed E-state index contributed by atoms with van der Waals surface area (Å²) >= 11 is 2.75. The van der Waals surface area contributed by atoms with Crippen molar-refractivity contribution in [3.63, 3.8) is 0 Å². The van der Waals surface area contributed by atoms with Gasteiger partial charge in [-0.1, -0.05) is 54.2 Å². The quantitative estimate of drug-likeness (QED) is 0.388. The Bertz CT molecular complexity index is 1190. The molecule has 1 atom stereocenters. The maximum atomic E-state index is 13.2. The molecule has 0 radical (unpaired) electrons. The predicted molar refractivity (Wildman–Crippen MR) is 125 cm³/mol. The van der Waals surface area contributed by atoms with Crippen LogP contribution in [0, 0.1) is 0 Å². The first-order valence-corrected chi connectivity index (χ1v) is 11.9. The number of nitrogens with one attached hydrogen (secondary N) is 2. The van der Waals surface area contributed by atoms with Gasteiger partial charge in [0.2, 0.25) is 11.1 Å². The molecule has 10 heteroatoms. The molecule has 0 spiro atoms. The third kappa shape index (κ3) is 5.21. The lowest BCUT2D eigenvalue weighted by molar-refractivity contribution is -0.118. The van der Waals surface area contributed by atoms with Crippen LogP contribution in [0.2, 0.25) is 0 Å². The molecule has 2 amide bonds. The number of thiophene rings is 1. The normalized spacial score (nSPS) is 11.7. The summed E-state index contributed by atoms with van der Waals surface area (Å²) in [7, 11) is 0. The van der Waals surface area contributed by atoms with E-state index in [1.54, 1.807) is 28.9 Å². The number of rotatable bonds is 8. The topological polar surface area (TPSA) is 102 Å². The summed E-state index contributed by atoms with van der Waals surface area (Å²) in [5, 5.41) is 19.9. The maximum Gasteiger partial charge on any atom is 0.262 e. The second-order valence-electron chi connectivity index (χ2n) is 6.81. The molecule has 0 fully saturated rings. The zero-order chi connectivity index (χ0) is 22.3. The van der Waals surface area contributed by atoms with E-state index in [1.165, 1.54) is 23.1 Å². The lowest BCUT2D eigenvalue weighted by Gasteiger charge is -2.19. The largest absolute Gasteiger partial charge is 0.339 e. The molecule has 2 aromatic carbocycles. The van der Waals surface area contributed by atoms with Gasteiger partial charge in [-0.05, 0) is 51.9 Å². The molecule has 4 rings (SSSR count). The molecule has 2 aromatic heterocycles. The SMILES string of the molecule is CSc1nnnn1-c1cccc(NC(=O)C(Cc2ccccc2)NC(=O)c2cccs2)c1. The minimum Gasteiger partial charge on any atom is -0.339 e. The van der Waals surface area contributed by atoms with Crippen molar-refractivity contribution in [2.24, 2.45) is 0 Å². The van der Waals surface area contributed by atoms with Gasteiger partial charge in [0.25, 0.3) is 5.91 Å². The Balaban J connectivity index is 1.54. The van der Waals surface area contributed by atoms with Crippen LogP contribution in [0.15, 0.2) is 77.3 Å². The third-order valence-corrected chi connectivity index (χ3v) is 6.12. The molecule has 0 aliphatic rings. The van der Waals surface area contributed by atoms with Crippen molar-refractivity contribution < 1.29 is 9.59 Å². The van der Waals surface area contributed by atoms with Gasteiger partial charge in [0.1, 0.15) is 6.04 Å². The first-order chi connectivity index (χ1) is 15.6. The highest BCUT2D eigenvalue weighted by atomic mass is 32.2. The Labute approximate surface area is 193 Å². The highest BCUT2D eigenvalue weighted by molar-refractivity contribution is 7.98. The number of thioether (sulfide) groups is 1. The van der Waals surface area contributed by atoms with Crippen molar-refractivity contribution in [3.05, 3.63) is 82.6 Å². The van der Waals surface area contributed by atoms with Crippen molar-refractivity contribution in [2.45, 2.75) is 17.6 Å². The van der Waals surface area contributed by atoms with E-state index in [-0.39, 0.29) is 11.8 Å². The Morgan fingerprint density at radius 1 is 1.09 bits per heavy atom. The van der Waals surface area contributed by atoms with Crippen LogP contribution in [0.4, 0.5) is 5.69 Å². The van der Waals surface area contributed by atoms with Gasteiger partial charge in [-0.2, -0.15) is 4.68 Å². The van der Waals surface area contributed by atoms with Crippen LogP contribution in [0.25, 0.3) is 5.69 Å². The average Bonchev–Trinajstić information content (AvgIpc) is 3.51. The second kappa shape index (κ2) is 10.2. The Kier molecular flexibility index (Phi) is 6.93. The van der Waals surface area contributed by atoms with Gasteiger partial charge in [0, 0.05) is 12.1 Å². The van der Waals surface area contributed by atoms with Crippen molar-refractivity contribution in [3.8, 4) is 5.69 Å². The summed E-state index contributed by atoms with van der Waals surface area (Å²) in [5.74, 6) is -0.583. The smallest absolute Gasteiger partial charge is 0.262 e. The van der Waals surface area contributed by atoms with E-state index in [9.17, 15) is 9.59 Å². The summed E-state index contributed by atoms with van der Waals surface area (Å²) in [4.78, 5) is 26.4. The van der Waals surface area contributed by atoms with E-state index in [4.69, 9.17) is 0 Å². The molecular formula is C22H20N6O2S2. The number of carbonyl (C=O) groups excluding carboxylic acids is 2. The lowest BCUT2D eigenvalue weighted by atomic mass is 10.0. The molecule has 0 saturated heterocycles. The fourth-order valence-electron chi connectivity index (χ4n) is 3.11. The number of amides is 2. The Hall–Kier alpha value is -3.50. The molecule has 0 bridgehead atoms. The number of anilines is 1. The molecule has 0 saturated carbocycles. The molecule has 8 nitrogen and oxygen atoms in total. The van der Waals surface area contributed by atoms with Crippen LogP contribution in [-0.4, -0.2) is 44.3 Å². The number of hydrogen-bond donors (Lipinski definition) is 2. The standard InChI is InChI=1S/C22H20N6O2S2/c1-31-22-25-26-27-28(22)17-10-5-9-16(14-17)23-20(29)18(13-15-7-3-2-4-8-15)24-21(30)19-11-6-12-32-19/h2-12,14,18H,13H2,1H3,(H,23,29)(H,24,30). The Morgan fingerprint density at radius 2 is 1.94 bits per heavy atom. The summed E-state index contributed by atoms with van der Waals surface area (Å²) < 4.78 is 1.60. The van der Waals surface area contributed by atoms with E-state index in [0.29, 0.717) is 22.1 Å². The number of hydrogen-bond acceptors (Lipinski definition) is 7. The number of benzene rings is 2. The van der Waals surface area contributed by atoms with Crippen LogP contribution in [-0.2, 0) is 11.2 Å². The zero-order valence-electron chi connectivity index (χ0n) is 17.1. The zero-order valence-corrected chi connectivity index (χ0v) is 18.8. The monoisotopic (exact) mass is 464 g/mol. The fraction of sp³-hybridized carbons (Fsp3) is 0.136. The number of aromatic nitrogens is 4. The van der Waals surface area contributed by atoms with Crippen molar-refractivity contribution in [1.82, 2.24) is 25.5 Å². The summed E-state index contributed by atoms with van der Waals surface area (Å²) in [6.07, 6.45) is 2.26. The summed E-state index contributed by atoms with van der Waals surface area (Å²) in [5.41, 5.74) is 2.25. The molecule has 0 aliphatic heterocycles. The molecule has 1 unspecified atom stereocenters. The van der Waals surface area contributed by atoms with Gasteiger partial charge < -0.3 is 10.6 Å². The molecule has 162 valence electrons. The molecular weight excluding hydrogens is 444 g/mol. The minimum atomic E-state index is -0.745. The molecule has 2 N–H and O–H groups in total. The number of carbonyl (C=O) groups is 2.